The molecule has 0 aliphatic rings. The molecule has 0 amide bonds. The second-order valence-electron chi connectivity index (χ2n) is 8.39. The lowest BCUT2D eigenvalue weighted by atomic mass is 10.0. The smallest absolute Gasteiger partial charge is 0.416 e. The Bertz CT molecular complexity index is 1250. The molecule has 3 rings (SSSR count). The number of pyridine rings is 1. The zero-order valence-corrected chi connectivity index (χ0v) is 19.3. The number of aromatic nitrogens is 1. The van der Waals surface area contributed by atoms with Crippen LogP contribution in [-0.4, -0.2) is 22.2 Å². The molecular weight excluding hydrogens is 487 g/mol. The van der Waals surface area contributed by atoms with Crippen molar-refractivity contribution in [3.63, 3.8) is 0 Å². The number of nitrogens with zero attached hydrogens (tertiary/aromatic N) is 1. The number of aliphatic carboxylic acids is 1. The molecule has 2 aromatic carbocycles. The van der Waals surface area contributed by atoms with E-state index in [0.29, 0.717) is 23.3 Å². The number of carboxylic acids is 1. The molecule has 0 bridgehead atoms. The molecule has 1 heterocycles. The van der Waals surface area contributed by atoms with Crippen LogP contribution in [0.3, 0.4) is 0 Å². The predicted octanol–water partition coefficient (Wildman–Crippen LogP) is 6.17. The highest BCUT2D eigenvalue weighted by molar-refractivity contribution is 5.72. The first-order valence-corrected chi connectivity index (χ1v) is 10.8. The van der Waals surface area contributed by atoms with Gasteiger partial charge in [0.05, 0.1) is 5.56 Å². The molecular formula is C25H23F5N2O4. The van der Waals surface area contributed by atoms with Crippen molar-refractivity contribution in [2.45, 2.75) is 39.1 Å². The second kappa shape index (κ2) is 10.9. The van der Waals surface area contributed by atoms with Crippen molar-refractivity contribution in [1.29, 1.82) is 0 Å². The lowest BCUT2D eigenvalue weighted by Crippen LogP contribution is -2.29. The van der Waals surface area contributed by atoms with E-state index in [4.69, 9.17) is 15.2 Å². The maximum absolute atomic E-state index is 14.4. The van der Waals surface area contributed by atoms with Gasteiger partial charge in [0.15, 0.2) is 17.7 Å². The fourth-order valence-corrected chi connectivity index (χ4v) is 3.33. The predicted molar refractivity (Wildman–Crippen MR) is 121 cm³/mol. The minimum absolute atomic E-state index is 0.00285. The highest BCUT2D eigenvalue weighted by atomic mass is 19.4. The number of benzene rings is 2. The van der Waals surface area contributed by atoms with Gasteiger partial charge in [0.2, 0.25) is 0 Å². The molecule has 11 heteroatoms. The Morgan fingerprint density at radius 2 is 1.72 bits per heavy atom. The van der Waals surface area contributed by atoms with Gasteiger partial charge in [0, 0.05) is 12.6 Å². The summed E-state index contributed by atoms with van der Waals surface area (Å²) >= 11 is 0. The largest absolute Gasteiger partial charge is 0.479 e. The summed E-state index contributed by atoms with van der Waals surface area (Å²) in [6, 6.07) is 9.62. The van der Waals surface area contributed by atoms with E-state index in [1.165, 1.54) is 6.07 Å². The van der Waals surface area contributed by atoms with E-state index in [0.717, 1.165) is 6.07 Å². The average Bonchev–Trinajstić information content (AvgIpc) is 2.80. The van der Waals surface area contributed by atoms with Crippen molar-refractivity contribution in [1.82, 2.24) is 4.98 Å². The van der Waals surface area contributed by atoms with Crippen LogP contribution in [0, 0.1) is 17.6 Å². The Kier molecular flexibility index (Phi) is 8.13. The van der Waals surface area contributed by atoms with Crippen molar-refractivity contribution in [2.75, 3.05) is 0 Å². The van der Waals surface area contributed by atoms with Gasteiger partial charge >= 0.3 is 12.1 Å². The lowest BCUT2D eigenvalue weighted by Gasteiger charge is -2.17. The van der Waals surface area contributed by atoms with E-state index in [9.17, 15) is 31.9 Å². The van der Waals surface area contributed by atoms with Crippen LogP contribution in [-0.2, 0) is 17.5 Å². The number of rotatable bonds is 9. The van der Waals surface area contributed by atoms with E-state index < -0.39 is 53.0 Å². The molecule has 0 radical (unpaired) electrons. The van der Waals surface area contributed by atoms with E-state index >= 15 is 0 Å². The van der Waals surface area contributed by atoms with Gasteiger partial charge in [-0.15, -0.1) is 0 Å². The number of alkyl halides is 3. The Labute approximate surface area is 203 Å². The van der Waals surface area contributed by atoms with Crippen LogP contribution in [0.2, 0.25) is 0 Å². The molecule has 192 valence electrons. The van der Waals surface area contributed by atoms with E-state index in [-0.39, 0.29) is 24.4 Å². The number of hydrogen-bond acceptors (Lipinski definition) is 5. The minimum Gasteiger partial charge on any atom is -0.479 e. The number of carboxylic acid groups (broad SMARTS) is 1. The van der Waals surface area contributed by atoms with Crippen molar-refractivity contribution in [3.8, 4) is 28.6 Å². The van der Waals surface area contributed by atoms with Gasteiger partial charge in [-0.3, -0.25) is 0 Å². The number of hydrogen-bond donors (Lipinski definition) is 2. The first kappa shape index (κ1) is 26.9. The normalized spacial score (nSPS) is 12.5. The topological polar surface area (TPSA) is 94.7 Å². The zero-order chi connectivity index (χ0) is 26.6. The van der Waals surface area contributed by atoms with Crippen LogP contribution in [0.5, 0.6) is 17.5 Å². The van der Waals surface area contributed by atoms with Crippen molar-refractivity contribution >= 4 is 5.97 Å². The Hall–Kier alpha value is -3.73. The summed E-state index contributed by atoms with van der Waals surface area (Å²) in [5.41, 5.74) is 5.73. The van der Waals surface area contributed by atoms with Crippen LogP contribution in [0.1, 0.15) is 31.4 Å². The van der Waals surface area contributed by atoms with Crippen LogP contribution in [0.4, 0.5) is 22.0 Å². The second-order valence-corrected chi connectivity index (χ2v) is 8.39. The standard InChI is InChI=1S/C25H23F5N2O4/c1-13(2)6-21(24(33)34)36-23-20(27)11-19(26)22(32-23)35-18-9-16(8-17(10-18)25(28,29)30)15-5-3-4-14(7-15)12-31/h3-5,7-11,13,21H,6,12,31H2,1-2H3,(H,33,34). The molecule has 1 aromatic heterocycles. The molecule has 0 aliphatic carbocycles. The van der Waals surface area contributed by atoms with Crippen molar-refractivity contribution in [2.24, 2.45) is 11.7 Å². The van der Waals surface area contributed by atoms with Gasteiger partial charge in [-0.1, -0.05) is 32.0 Å². The summed E-state index contributed by atoms with van der Waals surface area (Å²) in [5, 5.41) is 9.32. The molecule has 3 aromatic rings. The maximum Gasteiger partial charge on any atom is 0.416 e. The minimum atomic E-state index is -4.76. The van der Waals surface area contributed by atoms with Crippen LogP contribution >= 0.6 is 0 Å². The zero-order valence-electron chi connectivity index (χ0n) is 19.3. The van der Waals surface area contributed by atoms with Gasteiger partial charge in [0.1, 0.15) is 5.75 Å². The van der Waals surface area contributed by atoms with Gasteiger partial charge in [0.25, 0.3) is 11.8 Å². The van der Waals surface area contributed by atoms with Gasteiger partial charge in [-0.05, 0) is 53.3 Å². The number of nitrogens with two attached hydrogens (primary N) is 1. The van der Waals surface area contributed by atoms with Gasteiger partial charge < -0.3 is 20.3 Å². The summed E-state index contributed by atoms with van der Waals surface area (Å²) < 4.78 is 79.8. The molecule has 3 N–H and O–H groups in total. The lowest BCUT2D eigenvalue weighted by molar-refractivity contribution is -0.146. The average molecular weight is 510 g/mol. The first-order chi connectivity index (χ1) is 16.9. The summed E-state index contributed by atoms with van der Waals surface area (Å²) in [4.78, 5) is 15.0. The molecule has 1 atom stereocenters. The highest BCUT2D eigenvalue weighted by Crippen LogP contribution is 2.38. The first-order valence-electron chi connectivity index (χ1n) is 10.8. The van der Waals surface area contributed by atoms with Crippen LogP contribution in [0.25, 0.3) is 11.1 Å². The Morgan fingerprint density at radius 1 is 1.03 bits per heavy atom. The van der Waals surface area contributed by atoms with Crippen molar-refractivity contribution in [3.05, 3.63) is 71.3 Å². The SMILES string of the molecule is CC(C)CC(Oc1nc(Oc2cc(-c3cccc(CN)c3)cc(C(F)(F)F)c2)c(F)cc1F)C(=O)O. The van der Waals surface area contributed by atoms with Crippen LogP contribution in [0.15, 0.2) is 48.5 Å². The molecule has 0 aliphatic heterocycles. The fourth-order valence-electron chi connectivity index (χ4n) is 3.33. The third kappa shape index (κ3) is 6.69. The number of ether oxygens (including phenoxy) is 2. The van der Waals surface area contributed by atoms with Gasteiger partial charge in [-0.25, -0.2) is 13.6 Å². The Balaban J connectivity index is 2.02. The van der Waals surface area contributed by atoms with E-state index in [2.05, 4.69) is 4.98 Å². The van der Waals surface area contributed by atoms with E-state index in [1.54, 1.807) is 38.1 Å². The highest BCUT2D eigenvalue weighted by Gasteiger charge is 2.32. The van der Waals surface area contributed by atoms with Gasteiger partial charge in [-0.2, -0.15) is 18.2 Å². The number of halogens is 5. The fraction of sp³-hybridized carbons (Fsp3) is 0.280. The monoisotopic (exact) mass is 510 g/mol. The summed E-state index contributed by atoms with van der Waals surface area (Å²) in [7, 11) is 0. The molecule has 36 heavy (non-hydrogen) atoms. The molecule has 0 spiro atoms. The molecule has 6 nitrogen and oxygen atoms in total. The third-order valence-corrected chi connectivity index (χ3v) is 5.02. The molecule has 0 saturated heterocycles. The number of carbonyl (C=O) groups is 1. The summed E-state index contributed by atoms with van der Waals surface area (Å²) in [6.45, 7) is 3.60. The third-order valence-electron chi connectivity index (χ3n) is 5.02. The molecule has 0 saturated carbocycles. The Morgan fingerprint density at radius 3 is 2.33 bits per heavy atom. The molecule has 1 unspecified atom stereocenters. The van der Waals surface area contributed by atoms with Crippen molar-refractivity contribution < 1.29 is 41.3 Å². The van der Waals surface area contributed by atoms with E-state index in [1.807, 2.05) is 0 Å². The maximum atomic E-state index is 14.4. The molecule has 0 fully saturated rings. The quantitative estimate of drug-likeness (QED) is 0.334. The summed E-state index contributed by atoms with van der Waals surface area (Å²) in [6.07, 6.45) is -6.24. The summed E-state index contributed by atoms with van der Waals surface area (Å²) in [5.74, 6) is -6.31. The van der Waals surface area contributed by atoms with Crippen LogP contribution < -0.4 is 15.2 Å².